The molecule has 5 heteroatoms. The van der Waals surface area contributed by atoms with Crippen LogP contribution in [0, 0.1) is 33.5 Å². The maximum atomic E-state index is 13.1. The van der Waals surface area contributed by atoms with Crippen LogP contribution in [0.15, 0.2) is 0 Å². The van der Waals surface area contributed by atoms with Crippen molar-refractivity contribution < 1.29 is 23.5 Å². The molecule has 5 nitrogen and oxygen atoms in total. The Morgan fingerprint density at radius 2 is 1.09 bits per heavy atom. The summed E-state index contributed by atoms with van der Waals surface area (Å²) in [4.78, 5) is 26.3. The third-order valence-corrected chi connectivity index (χ3v) is 12.2. The zero-order valence-electron chi connectivity index (χ0n) is 22.5. The molecule has 0 aromatic rings. The molecule has 188 valence electrons. The van der Waals surface area contributed by atoms with Crippen LogP contribution < -0.4 is 0 Å². The van der Waals surface area contributed by atoms with Gasteiger partial charge in [0.25, 0.3) is 0 Å². The highest BCUT2D eigenvalue weighted by atomic mass is 16.6. The van der Waals surface area contributed by atoms with Gasteiger partial charge in [0.1, 0.15) is 12.2 Å². The highest BCUT2D eigenvalue weighted by molar-refractivity contribution is 5.73. The van der Waals surface area contributed by atoms with Crippen LogP contribution in [-0.2, 0) is 19.1 Å². The van der Waals surface area contributed by atoms with E-state index in [0.29, 0.717) is 29.4 Å². The molecule has 4 rings (SSSR count). The minimum atomic E-state index is -0.158. The number of hydrogen-bond donors (Lipinski definition) is 0. The van der Waals surface area contributed by atoms with Crippen LogP contribution in [0.2, 0.25) is 0 Å². The predicted molar refractivity (Wildman–Crippen MR) is 129 cm³/mol. The van der Waals surface area contributed by atoms with Crippen LogP contribution in [0.5, 0.6) is 0 Å². The molecule has 0 N–H and O–H groups in total. The average molecular weight is 463 g/mol. The van der Waals surface area contributed by atoms with Crippen molar-refractivity contribution in [2.24, 2.45) is 33.5 Å². The smallest absolute Gasteiger partial charge is 0.362 e. The molecular weight excluding hydrogens is 414 g/mol. The second kappa shape index (κ2) is 7.96. The van der Waals surface area contributed by atoms with Crippen LogP contribution in [0.25, 0.3) is 0 Å². The topological polar surface area (TPSA) is 52.6 Å². The minimum absolute atomic E-state index is 0.00228. The van der Waals surface area contributed by atoms with E-state index in [9.17, 15) is 9.59 Å². The summed E-state index contributed by atoms with van der Waals surface area (Å²) in [5.41, 5.74) is 0.552. The summed E-state index contributed by atoms with van der Waals surface area (Å²) in [5.74, 6) is 0.960. The molecule has 33 heavy (non-hydrogen) atoms. The number of ether oxygens (including phenoxy) is 2. The lowest BCUT2D eigenvalue weighted by molar-refractivity contribution is -0.911. The van der Waals surface area contributed by atoms with E-state index < -0.39 is 0 Å². The molecule has 6 atom stereocenters. The molecule has 4 aliphatic rings. The number of esters is 2. The van der Waals surface area contributed by atoms with E-state index >= 15 is 0 Å². The number of quaternary nitrogens is 1. The Balaban J connectivity index is 1.38. The van der Waals surface area contributed by atoms with Gasteiger partial charge in [-0.15, -0.1) is 0 Å². The van der Waals surface area contributed by atoms with Gasteiger partial charge in [0.15, 0.2) is 13.1 Å². The first-order chi connectivity index (χ1) is 15.2. The maximum Gasteiger partial charge on any atom is 0.362 e. The third kappa shape index (κ3) is 3.58. The summed E-state index contributed by atoms with van der Waals surface area (Å²) in [6.07, 6.45) is 6.70. The van der Waals surface area contributed by atoms with E-state index in [-0.39, 0.29) is 58.9 Å². The summed E-state index contributed by atoms with van der Waals surface area (Å²) < 4.78 is 12.7. The van der Waals surface area contributed by atoms with Crippen molar-refractivity contribution in [3.63, 3.8) is 0 Å². The zero-order valence-corrected chi connectivity index (χ0v) is 22.5. The number of rotatable bonds is 8. The highest BCUT2D eigenvalue weighted by Gasteiger charge is 2.64. The van der Waals surface area contributed by atoms with E-state index in [2.05, 4.69) is 55.4 Å². The van der Waals surface area contributed by atoms with Crippen molar-refractivity contribution in [3.05, 3.63) is 0 Å². The fraction of sp³-hybridized carbons (Fsp3) is 0.929. The van der Waals surface area contributed by atoms with E-state index in [1.54, 1.807) is 0 Å². The van der Waals surface area contributed by atoms with Crippen molar-refractivity contribution in [2.45, 2.75) is 106 Å². The third-order valence-electron chi connectivity index (χ3n) is 12.2. The van der Waals surface area contributed by atoms with E-state index in [1.165, 1.54) is 12.8 Å². The second-order valence-electron chi connectivity index (χ2n) is 13.5. The van der Waals surface area contributed by atoms with Crippen molar-refractivity contribution in [2.75, 3.05) is 26.2 Å². The molecule has 0 heterocycles. The molecule has 0 aromatic carbocycles. The Kier molecular flexibility index (Phi) is 6.03. The number of hydrogen-bond acceptors (Lipinski definition) is 4. The molecule has 0 saturated heterocycles. The van der Waals surface area contributed by atoms with Crippen molar-refractivity contribution in [1.82, 2.24) is 0 Å². The van der Waals surface area contributed by atoms with Crippen molar-refractivity contribution in [3.8, 4) is 0 Å². The molecule has 0 unspecified atom stereocenters. The van der Waals surface area contributed by atoms with Crippen LogP contribution in [0.1, 0.15) is 93.9 Å². The van der Waals surface area contributed by atoms with Gasteiger partial charge in [0.2, 0.25) is 0 Å². The highest BCUT2D eigenvalue weighted by Crippen LogP contribution is 2.67. The summed E-state index contributed by atoms with van der Waals surface area (Å²) in [5, 5.41) is 0. The molecule has 0 amide bonds. The van der Waals surface area contributed by atoms with Gasteiger partial charge in [-0.05, 0) is 75.0 Å². The second-order valence-corrected chi connectivity index (χ2v) is 13.5. The number of likely N-dealkylation sites (N-methyl/N-ethyl adjacent to an activating group) is 1. The molecule has 4 fully saturated rings. The Hall–Kier alpha value is -1.10. The Bertz CT molecular complexity index is 738. The van der Waals surface area contributed by atoms with Crippen molar-refractivity contribution in [1.29, 1.82) is 0 Å². The lowest BCUT2D eigenvalue weighted by Gasteiger charge is -2.40. The monoisotopic (exact) mass is 462 g/mol. The minimum Gasteiger partial charge on any atom is -0.458 e. The largest absolute Gasteiger partial charge is 0.458 e. The molecule has 4 bridgehead atoms. The van der Waals surface area contributed by atoms with E-state index in [4.69, 9.17) is 9.47 Å². The van der Waals surface area contributed by atoms with Crippen LogP contribution in [0.4, 0.5) is 0 Å². The van der Waals surface area contributed by atoms with Gasteiger partial charge >= 0.3 is 11.9 Å². The lowest BCUT2D eigenvalue weighted by atomic mass is 9.70. The SMILES string of the molecule is CC[N+](CC)(CC(=O)O[C@H]1C[C@@H]2CC[C@@]1(C)C2(C)C)CC(=O)O[C@H]1C[C@@H]2CC[C@@]1(C)C2(C)C. The Labute approximate surface area is 201 Å². The summed E-state index contributed by atoms with van der Waals surface area (Å²) >= 11 is 0. The van der Waals surface area contributed by atoms with Gasteiger partial charge in [0.05, 0.1) is 13.1 Å². The van der Waals surface area contributed by atoms with Crippen LogP contribution in [-0.4, -0.2) is 54.8 Å². The maximum absolute atomic E-state index is 13.1. The number of carbonyl (C=O) groups excluding carboxylic acids is 2. The van der Waals surface area contributed by atoms with Gasteiger partial charge in [-0.25, -0.2) is 9.59 Å². The number of nitrogens with zero attached hydrogens (tertiary/aromatic N) is 1. The predicted octanol–water partition coefficient (Wildman–Crippen LogP) is 5.36. The van der Waals surface area contributed by atoms with Gasteiger partial charge in [-0.2, -0.15) is 0 Å². The van der Waals surface area contributed by atoms with Gasteiger partial charge in [-0.1, -0.05) is 41.5 Å². The van der Waals surface area contributed by atoms with E-state index in [0.717, 1.165) is 25.7 Å². The summed E-state index contributed by atoms with van der Waals surface area (Å²) in [7, 11) is 0. The normalized spacial score (nSPS) is 40.2. The number of fused-ring (bicyclic) bond motifs is 4. The Morgan fingerprint density at radius 1 is 0.727 bits per heavy atom. The van der Waals surface area contributed by atoms with E-state index in [1.807, 2.05) is 0 Å². The van der Waals surface area contributed by atoms with Gasteiger partial charge in [0, 0.05) is 10.8 Å². The fourth-order valence-electron chi connectivity index (χ4n) is 8.28. The Morgan fingerprint density at radius 3 is 1.33 bits per heavy atom. The van der Waals surface area contributed by atoms with Crippen LogP contribution >= 0.6 is 0 Å². The first kappa shape index (κ1) is 25.0. The molecule has 4 saturated carbocycles. The number of carbonyl (C=O) groups is 2. The first-order valence-corrected chi connectivity index (χ1v) is 13.5. The standard InChI is InChI=1S/C28H48NO4/c1-9-29(10-2,17-23(30)32-21-15-19-11-13-27(21,7)25(19,3)4)18-24(31)33-22-16-20-12-14-28(22,8)26(20,5)6/h19-22H,9-18H2,1-8H3/q+1/t19-,20-,21-,22-,27+,28+/m0/s1. The van der Waals surface area contributed by atoms with Gasteiger partial charge < -0.3 is 14.0 Å². The van der Waals surface area contributed by atoms with Crippen molar-refractivity contribution >= 4 is 11.9 Å². The van der Waals surface area contributed by atoms with Gasteiger partial charge in [-0.3, -0.25) is 0 Å². The molecule has 0 aromatic heterocycles. The molecule has 0 aliphatic heterocycles. The summed E-state index contributed by atoms with van der Waals surface area (Å²) in [6, 6.07) is 0. The first-order valence-electron chi connectivity index (χ1n) is 13.5. The fourth-order valence-corrected chi connectivity index (χ4v) is 8.28. The molecular formula is C28H48NO4+. The van der Waals surface area contributed by atoms with Crippen LogP contribution in [0.3, 0.4) is 0 Å². The molecule has 0 radical (unpaired) electrons. The quantitative estimate of drug-likeness (QED) is 0.360. The summed E-state index contributed by atoms with van der Waals surface area (Å²) in [6.45, 7) is 20.0. The average Bonchev–Trinajstić information content (AvgIpc) is 3.25. The molecule has 0 spiro atoms. The molecule has 4 aliphatic carbocycles. The zero-order chi connectivity index (χ0) is 24.4. The lowest BCUT2D eigenvalue weighted by Crippen LogP contribution is -2.55.